The number of nitrogens with zero attached hydrogens (tertiary/aromatic N) is 2. The van der Waals surface area contributed by atoms with Crippen LogP contribution in [0.4, 0.5) is 0 Å². The first kappa shape index (κ1) is 14.1. The summed E-state index contributed by atoms with van der Waals surface area (Å²) in [5, 5.41) is 8.60. The zero-order valence-electron chi connectivity index (χ0n) is 9.36. The fraction of sp³-hybridized carbons (Fsp3) is 0.889. The van der Waals surface area contributed by atoms with Gasteiger partial charge in [0.15, 0.2) is 0 Å². The van der Waals surface area contributed by atoms with E-state index in [2.05, 4.69) is 32.4 Å². The normalized spacial score (nSPS) is 16.0. The van der Waals surface area contributed by atoms with Gasteiger partial charge in [-0.15, -0.1) is 0 Å². The van der Waals surface area contributed by atoms with Gasteiger partial charge in [-0.3, -0.25) is 0 Å². The summed E-state index contributed by atoms with van der Waals surface area (Å²) in [6.45, 7) is 9.98. The van der Waals surface area contributed by atoms with Crippen molar-refractivity contribution in [3.63, 3.8) is 0 Å². The summed E-state index contributed by atoms with van der Waals surface area (Å²) in [6, 6.07) is 2.66. The molecule has 82 valence electrons. The van der Waals surface area contributed by atoms with Gasteiger partial charge in [0, 0.05) is 12.1 Å². The average molecular weight is 237 g/mol. The molecule has 2 unspecified atom stereocenters. The number of hydrogen-bond acceptors (Lipinski definition) is 3. The molecule has 0 N–H and O–H groups in total. The molecule has 0 saturated heterocycles. The first-order chi connectivity index (χ1) is 6.40. The highest BCUT2D eigenvalue weighted by Gasteiger charge is 2.25. The summed E-state index contributed by atoms with van der Waals surface area (Å²) in [5.74, 6) is 0. The monoisotopic (exact) mass is 236 g/mol. The Bertz CT molecular complexity index is 197. The van der Waals surface area contributed by atoms with Gasteiger partial charge in [0.05, 0.1) is 6.07 Å². The Labute approximate surface area is 92.7 Å². The van der Waals surface area contributed by atoms with Crippen LogP contribution in [0.5, 0.6) is 0 Å². The van der Waals surface area contributed by atoms with Crippen LogP contribution in [0.1, 0.15) is 34.6 Å². The van der Waals surface area contributed by atoms with Gasteiger partial charge in [0.2, 0.25) is 7.65 Å². The van der Waals surface area contributed by atoms with Crippen molar-refractivity contribution in [2.75, 3.05) is 0 Å². The van der Waals surface area contributed by atoms with E-state index in [1.807, 2.05) is 6.07 Å². The maximum Gasteiger partial charge on any atom is 0.208 e. The van der Waals surface area contributed by atoms with Gasteiger partial charge in [0.1, 0.15) is 6.10 Å². The summed E-state index contributed by atoms with van der Waals surface area (Å²) in [4.78, 5) is 0. The summed E-state index contributed by atoms with van der Waals surface area (Å²) < 4.78 is 7.45. The molecule has 0 heterocycles. The predicted molar refractivity (Wildman–Crippen MR) is 61.0 cm³/mol. The van der Waals surface area contributed by atoms with Crippen LogP contribution < -0.4 is 0 Å². The molecule has 0 aromatic carbocycles. The molecule has 3 nitrogen and oxygen atoms in total. The molecule has 0 aromatic rings. The molecule has 0 spiro atoms. The third kappa shape index (κ3) is 4.57. The number of halogens is 1. The minimum Gasteiger partial charge on any atom is -0.313 e. The van der Waals surface area contributed by atoms with Crippen molar-refractivity contribution in [2.45, 2.75) is 52.8 Å². The third-order valence-corrected chi connectivity index (χ3v) is 4.21. The van der Waals surface area contributed by atoms with Crippen LogP contribution in [0.3, 0.4) is 0 Å². The van der Waals surface area contributed by atoms with E-state index in [4.69, 9.17) is 21.0 Å². The van der Waals surface area contributed by atoms with Crippen LogP contribution >= 0.6 is 18.9 Å². The van der Waals surface area contributed by atoms with E-state index in [0.29, 0.717) is 12.1 Å². The zero-order chi connectivity index (χ0) is 11.3. The molecule has 0 saturated carbocycles. The highest BCUT2D eigenvalue weighted by atomic mass is 35.7. The van der Waals surface area contributed by atoms with E-state index in [1.165, 1.54) is 0 Å². The molecule has 0 aromatic heterocycles. The molecule has 0 rings (SSSR count). The Morgan fingerprint density at radius 2 is 1.64 bits per heavy atom. The van der Waals surface area contributed by atoms with E-state index < -0.39 is 13.8 Å². The Hall–Kier alpha value is 0.130. The second-order valence-corrected chi connectivity index (χ2v) is 5.66. The largest absolute Gasteiger partial charge is 0.313 e. The summed E-state index contributed by atoms with van der Waals surface area (Å²) in [7, 11) is -1.19. The topological polar surface area (TPSA) is 36.3 Å². The number of rotatable bonds is 5. The third-order valence-electron chi connectivity index (χ3n) is 1.67. The highest BCUT2D eigenvalue weighted by Crippen LogP contribution is 2.50. The standard InChI is InChI=1S/C9H18ClN2OP/c1-7(2)12(8(3)4)14(10)13-9(5)6-11/h7-9H,1-5H3. The second kappa shape index (κ2) is 6.58. The van der Waals surface area contributed by atoms with Gasteiger partial charge >= 0.3 is 0 Å². The molecular formula is C9H18ClN2OP. The van der Waals surface area contributed by atoms with Gasteiger partial charge in [-0.25, -0.2) is 4.67 Å². The molecule has 0 aliphatic rings. The Morgan fingerprint density at radius 1 is 1.21 bits per heavy atom. The fourth-order valence-electron chi connectivity index (χ4n) is 1.17. The Morgan fingerprint density at radius 3 is 1.93 bits per heavy atom. The van der Waals surface area contributed by atoms with Crippen molar-refractivity contribution >= 4 is 18.9 Å². The zero-order valence-corrected chi connectivity index (χ0v) is 11.0. The van der Waals surface area contributed by atoms with E-state index >= 15 is 0 Å². The maximum absolute atomic E-state index is 8.60. The highest BCUT2D eigenvalue weighted by molar-refractivity contribution is 7.78. The van der Waals surface area contributed by atoms with Crippen molar-refractivity contribution in [3.8, 4) is 6.07 Å². The lowest BCUT2D eigenvalue weighted by molar-refractivity contribution is 0.243. The lowest BCUT2D eigenvalue weighted by Crippen LogP contribution is -2.32. The fourth-order valence-corrected chi connectivity index (χ4v) is 3.72. The lowest BCUT2D eigenvalue weighted by atomic mass is 10.3. The molecule has 0 aliphatic heterocycles. The number of nitriles is 1. The van der Waals surface area contributed by atoms with E-state index in [0.717, 1.165) is 0 Å². The van der Waals surface area contributed by atoms with Crippen molar-refractivity contribution < 1.29 is 4.52 Å². The van der Waals surface area contributed by atoms with E-state index in [-0.39, 0.29) is 0 Å². The van der Waals surface area contributed by atoms with Crippen LogP contribution in [0.2, 0.25) is 0 Å². The lowest BCUT2D eigenvalue weighted by Gasteiger charge is -2.33. The number of hydrogen-bond donors (Lipinski definition) is 0. The quantitative estimate of drug-likeness (QED) is 0.686. The maximum atomic E-state index is 8.60. The van der Waals surface area contributed by atoms with Gasteiger partial charge in [-0.1, -0.05) is 0 Å². The Kier molecular flexibility index (Phi) is 6.64. The van der Waals surface area contributed by atoms with E-state index in [1.54, 1.807) is 6.92 Å². The molecule has 0 fully saturated rings. The molecule has 0 amide bonds. The smallest absolute Gasteiger partial charge is 0.208 e. The molecule has 14 heavy (non-hydrogen) atoms. The SMILES string of the molecule is CC(C#N)OP(Cl)N(C(C)C)C(C)C. The van der Waals surface area contributed by atoms with Gasteiger partial charge in [0.25, 0.3) is 0 Å². The van der Waals surface area contributed by atoms with Crippen LogP contribution in [0.25, 0.3) is 0 Å². The Balaban J connectivity index is 4.31. The molecule has 2 atom stereocenters. The van der Waals surface area contributed by atoms with Gasteiger partial charge in [-0.05, 0) is 45.9 Å². The molecule has 0 aliphatic carbocycles. The van der Waals surface area contributed by atoms with Crippen molar-refractivity contribution in [1.29, 1.82) is 5.26 Å². The first-order valence-corrected chi connectivity index (χ1v) is 6.82. The predicted octanol–water partition coefficient (Wildman–Crippen LogP) is 3.50. The van der Waals surface area contributed by atoms with Crippen molar-refractivity contribution in [2.24, 2.45) is 0 Å². The van der Waals surface area contributed by atoms with Crippen LogP contribution in [0, 0.1) is 11.3 Å². The second-order valence-electron chi connectivity index (χ2n) is 3.67. The van der Waals surface area contributed by atoms with Crippen LogP contribution in [-0.2, 0) is 4.52 Å². The first-order valence-electron chi connectivity index (χ1n) is 4.70. The summed E-state index contributed by atoms with van der Waals surface area (Å²) in [6.07, 6.45) is -0.446. The molecular weight excluding hydrogens is 219 g/mol. The molecule has 0 radical (unpaired) electrons. The minimum atomic E-state index is -1.19. The van der Waals surface area contributed by atoms with Crippen molar-refractivity contribution in [3.05, 3.63) is 0 Å². The van der Waals surface area contributed by atoms with E-state index in [9.17, 15) is 0 Å². The molecule has 0 bridgehead atoms. The van der Waals surface area contributed by atoms with Crippen LogP contribution in [0.15, 0.2) is 0 Å². The van der Waals surface area contributed by atoms with Crippen LogP contribution in [-0.4, -0.2) is 22.9 Å². The minimum absolute atomic E-state index is 0.324. The van der Waals surface area contributed by atoms with Gasteiger partial charge in [-0.2, -0.15) is 5.26 Å². The molecule has 5 heteroatoms. The van der Waals surface area contributed by atoms with Gasteiger partial charge < -0.3 is 4.52 Å². The summed E-state index contributed by atoms with van der Waals surface area (Å²) in [5.41, 5.74) is 0. The summed E-state index contributed by atoms with van der Waals surface area (Å²) >= 11 is 6.13. The van der Waals surface area contributed by atoms with Crippen molar-refractivity contribution in [1.82, 2.24) is 4.67 Å². The average Bonchev–Trinajstić information content (AvgIpc) is 2.02.